The molecule has 1 aliphatic rings. The maximum atomic E-state index is 4.36. The molecule has 1 aliphatic carbocycles. The molecule has 0 bridgehead atoms. The van der Waals surface area contributed by atoms with E-state index in [0.717, 1.165) is 12.5 Å². The van der Waals surface area contributed by atoms with E-state index in [4.69, 9.17) is 0 Å². The van der Waals surface area contributed by atoms with Gasteiger partial charge in [-0.15, -0.1) is 6.58 Å². The van der Waals surface area contributed by atoms with Crippen molar-refractivity contribution in [3.8, 4) is 0 Å². The van der Waals surface area contributed by atoms with Gasteiger partial charge in [-0.3, -0.25) is 0 Å². The Morgan fingerprint density at radius 2 is 2.12 bits per heavy atom. The average molecular weight is 219 g/mol. The van der Waals surface area contributed by atoms with Gasteiger partial charge in [-0.25, -0.2) is 4.98 Å². The molecular weight excluding hydrogens is 198 g/mol. The smallest absolute Gasteiger partial charge is 0.203 e. The number of nitrogens with one attached hydrogen (secondary N) is 1. The fourth-order valence-corrected chi connectivity index (χ4v) is 2.34. The number of hydrogen-bond acceptors (Lipinski definition) is 2. The van der Waals surface area contributed by atoms with Gasteiger partial charge in [-0.05, 0) is 12.8 Å². The Hall–Kier alpha value is -1.25. The van der Waals surface area contributed by atoms with E-state index in [0.29, 0.717) is 6.04 Å². The summed E-state index contributed by atoms with van der Waals surface area (Å²) in [6.07, 6.45) is 13.8. The first-order valence-corrected chi connectivity index (χ1v) is 6.28. The van der Waals surface area contributed by atoms with Crippen molar-refractivity contribution >= 4 is 5.95 Å². The van der Waals surface area contributed by atoms with Crippen LogP contribution < -0.4 is 5.32 Å². The highest BCUT2D eigenvalue weighted by Crippen LogP contribution is 2.20. The van der Waals surface area contributed by atoms with Crippen LogP contribution >= 0.6 is 0 Å². The molecule has 0 amide bonds. The van der Waals surface area contributed by atoms with Crippen LogP contribution in [0.5, 0.6) is 0 Å². The van der Waals surface area contributed by atoms with Gasteiger partial charge < -0.3 is 9.88 Å². The lowest BCUT2D eigenvalue weighted by Crippen LogP contribution is -2.20. The van der Waals surface area contributed by atoms with Gasteiger partial charge in [-0.2, -0.15) is 0 Å². The van der Waals surface area contributed by atoms with Gasteiger partial charge in [0.25, 0.3) is 0 Å². The molecule has 1 heterocycles. The van der Waals surface area contributed by atoms with Crippen molar-refractivity contribution in [3.63, 3.8) is 0 Å². The quantitative estimate of drug-likeness (QED) is 0.622. The molecule has 16 heavy (non-hydrogen) atoms. The van der Waals surface area contributed by atoms with Crippen molar-refractivity contribution in [2.24, 2.45) is 0 Å². The van der Waals surface area contributed by atoms with Crippen molar-refractivity contribution in [2.75, 3.05) is 5.32 Å². The van der Waals surface area contributed by atoms with Crippen molar-refractivity contribution in [2.45, 2.75) is 51.1 Å². The summed E-state index contributed by atoms with van der Waals surface area (Å²) in [4.78, 5) is 4.36. The van der Waals surface area contributed by atoms with E-state index in [1.54, 1.807) is 0 Å². The second-order valence-electron chi connectivity index (χ2n) is 4.52. The molecule has 1 N–H and O–H groups in total. The Balaban J connectivity index is 1.95. The van der Waals surface area contributed by atoms with Gasteiger partial charge in [0, 0.05) is 25.0 Å². The van der Waals surface area contributed by atoms with Crippen LogP contribution in [0.25, 0.3) is 0 Å². The fourth-order valence-electron chi connectivity index (χ4n) is 2.34. The molecule has 1 aromatic rings. The number of aromatic nitrogens is 2. The molecule has 0 spiro atoms. The van der Waals surface area contributed by atoms with Crippen LogP contribution in [-0.2, 0) is 6.54 Å². The average Bonchev–Trinajstić information content (AvgIpc) is 2.56. The topological polar surface area (TPSA) is 29.9 Å². The summed E-state index contributed by atoms with van der Waals surface area (Å²) in [5.41, 5.74) is 0. The number of hydrogen-bond donors (Lipinski definition) is 1. The minimum atomic E-state index is 0.605. The number of nitrogens with zero attached hydrogens (tertiary/aromatic N) is 2. The molecule has 0 aromatic carbocycles. The zero-order valence-electron chi connectivity index (χ0n) is 9.86. The normalized spacial score (nSPS) is 18.0. The summed E-state index contributed by atoms with van der Waals surface area (Å²) in [6.45, 7) is 4.59. The lowest BCUT2D eigenvalue weighted by molar-refractivity contribution is 0.609. The maximum absolute atomic E-state index is 4.36. The molecule has 1 fully saturated rings. The first kappa shape index (κ1) is 11.2. The maximum Gasteiger partial charge on any atom is 0.203 e. The third kappa shape index (κ3) is 2.87. The fraction of sp³-hybridized carbons (Fsp3) is 0.615. The Morgan fingerprint density at radius 3 is 2.81 bits per heavy atom. The third-order valence-electron chi connectivity index (χ3n) is 3.23. The van der Waals surface area contributed by atoms with E-state index in [1.807, 2.05) is 18.5 Å². The van der Waals surface area contributed by atoms with Crippen LogP contribution in [0, 0.1) is 0 Å². The van der Waals surface area contributed by atoms with E-state index in [9.17, 15) is 0 Å². The minimum absolute atomic E-state index is 0.605. The number of anilines is 1. The summed E-state index contributed by atoms with van der Waals surface area (Å²) in [5.74, 6) is 0.992. The first-order chi connectivity index (χ1) is 7.90. The van der Waals surface area contributed by atoms with Crippen LogP contribution in [-0.4, -0.2) is 15.6 Å². The standard InChI is InChI=1S/C13H21N3/c1-2-10-16-11-9-14-13(16)15-12-7-5-3-4-6-8-12/h2,9,11-12H,1,3-8,10H2,(H,14,15). The lowest BCUT2D eigenvalue weighted by Gasteiger charge is -2.17. The van der Waals surface area contributed by atoms with E-state index in [2.05, 4.69) is 21.4 Å². The van der Waals surface area contributed by atoms with Gasteiger partial charge in [0.05, 0.1) is 0 Å². The van der Waals surface area contributed by atoms with E-state index < -0.39 is 0 Å². The third-order valence-corrected chi connectivity index (χ3v) is 3.23. The monoisotopic (exact) mass is 219 g/mol. The molecule has 0 saturated heterocycles. The van der Waals surface area contributed by atoms with Crippen molar-refractivity contribution < 1.29 is 0 Å². The number of allylic oxidation sites excluding steroid dienone is 1. The van der Waals surface area contributed by atoms with Gasteiger partial charge in [0.2, 0.25) is 5.95 Å². The number of imidazole rings is 1. The Labute approximate surface area is 97.6 Å². The highest BCUT2D eigenvalue weighted by Gasteiger charge is 2.13. The molecule has 1 saturated carbocycles. The van der Waals surface area contributed by atoms with E-state index >= 15 is 0 Å². The second kappa shape index (κ2) is 5.73. The molecule has 0 atom stereocenters. The summed E-state index contributed by atoms with van der Waals surface area (Å²) in [7, 11) is 0. The Morgan fingerprint density at radius 1 is 1.38 bits per heavy atom. The van der Waals surface area contributed by atoms with E-state index in [-0.39, 0.29) is 0 Å². The van der Waals surface area contributed by atoms with Crippen LogP contribution in [0.1, 0.15) is 38.5 Å². The summed E-state index contributed by atoms with van der Waals surface area (Å²) in [6, 6.07) is 0.605. The Kier molecular flexibility index (Phi) is 4.03. The van der Waals surface area contributed by atoms with Crippen LogP contribution in [0.15, 0.2) is 25.0 Å². The highest BCUT2D eigenvalue weighted by molar-refractivity contribution is 5.28. The van der Waals surface area contributed by atoms with Crippen molar-refractivity contribution in [1.29, 1.82) is 0 Å². The highest BCUT2D eigenvalue weighted by atomic mass is 15.2. The van der Waals surface area contributed by atoms with Gasteiger partial charge >= 0.3 is 0 Å². The van der Waals surface area contributed by atoms with Crippen molar-refractivity contribution in [3.05, 3.63) is 25.0 Å². The van der Waals surface area contributed by atoms with Crippen LogP contribution in [0.2, 0.25) is 0 Å². The summed E-state index contributed by atoms with van der Waals surface area (Å²) >= 11 is 0. The zero-order valence-corrected chi connectivity index (χ0v) is 9.86. The molecule has 2 rings (SSSR count). The van der Waals surface area contributed by atoms with Crippen molar-refractivity contribution in [1.82, 2.24) is 9.55 Å². The molecule has 0 radical (unpaired) electrons. The predicted molar refractivity (Wildman–Crippen MR) is 67.5 cm³/mol. The van der Waals surface area contributed by atoms with Crippen LogP contribution in [0.3, 0.4) is 0 Å². The number of rotatable bonds is 4. The molecule has 3 nitrogen and oxygen atoms in total. The molecular formula is C13H21N3. The zero-order chi connectivity index (χ0) is 11.2. The summed E-state index contributed by atoms with van der Waals surface area (Å²) in [5, 5.41) is 3.56. The van der Waals surface area contributed by atoms with Gasteiger partial charge in [-0.1, -0.05) is 31.8 Å². The molecule has 3 heteroatoms. The largest absolute Gasteiger partial charge is 0.353 e. The van der Waals surface area contributed by atoms with Gasteiger partial charge in [0.1, 0.15) is 0 Å². The van der Waals surface area contributed by atoms with Crippen LogP contribution in [0.4, 0.5) is 5.95 Å². The van der Waals surface area contributed by atoms with E-state index in [1.165, 1.54) is 38.5 Å². The molecule has 0 unspecified atom stereocenters. The molecule has 1 aromatic heterocycles. The predicted octanol–water partition coefficient (Wildman–Crippen LogP) is 3.20. The van der Waals surface area contributed by atoms with Gasteiger partial charge in [0.15, 0.2) is 0 Å². The molecule has 0 aliphatic heterocycles. The lowest BCUT2D eigenvalue weighted by atomic mass is 10.1. The first-order valence-electron chi connectivity index (χ1n) is 6.28. The SMILES string of the molecule is C=CCn1ccnc1NC1CCCCCC1. The minimum Gasteiger partial charge on any atom is -0.353 e. The Bertz CT molecular complexity index is 322. The summed E-state index contributed by atoms with van der Waals surface area (Å²) < 4.78 is 2.11. The molecule has 88 valence electrons. The second-order valence-corrected chi connectivity index (χ2v) is 4.52.